The summed E-state index contributed by atoms with van der Waals surface area (Å²) < 4.78 is 50.3. The van der Waals surface area contributed by atoms with Gasteiger partial charge >= 0.3 is 12.3 Å². The van der Waals surface area contributed by atoms with Gasteiger partial charge in [-0.15, -0.1) is 0 Å². The number of epoxide rings is 1. The Labute approximate surface area is 48.6 Å². The van der Waals surface area contributed by atoms with Gasteiger partial charge in [0, 0.05) is 0 Å². The Kier molecular flexibility index (Phi) is 1.38. The minimum absolute atomic E-state index is 0.253. The van der Waals surface area contributed by atoms with Crippen LogP contribution in [-0.4, -0.2) is 25.1 Å². The molecule has 1 rings (SSSR count). The van der Waals surface area contributed by atoms with E-state index < -0.39 is 18.5 Å². The molecule has 0 aromatic heterocycles. The molecule has 1 aliphatic heterocycles. The van der Waals surface area contributed by atoms with E-state index in [9.17, 15) is 17.6 Å². The maximum absolute atomic E-state index is 11.9. The lowest BCUT2D eigenvalue weighted by Gasteiger charge is -2.10. The van der Waals surface area contributed by atoms with Gasteiger partial charge in [-0.05, 0) is 0 Å². The molecule has 1 atom stereocenters. The summed E-state index contributed by atoms with van der Waals surface area (Å²) in [4.78, 5) is 0. The molecule has 0 radical (unpaired) electrons. The number of halogens is 4. The number of hydrogen-bond acceptors (Lipinski definition) is 1. The Morgan fingerprint density at radius 2 is 1.89 bits per heavy atom. The highest BCUT2D eigenvalue weighted by molar-refractivity contribution is 4.87. The second kappa shape index (κ2) is 1.83. The monoisotopic (exact) mass is 144 g/mol. The Bertz CT molecular complexity index is 105. The standard InChI is InChI=1S/C4H4F4O/c5-3(6)4(7,8)2-1-9-2/h2-3H,1H2/t2-/m0/s1. The second-order valence-corrected chi connectivity index (χ2v) is 1.80. The van der Waals surface area contributed by atoms with Crippen molar-refractivity contribution < 1.29 is 22.3 Å². The quantitative estimate of drug-likeness (QED) is 0.420. The molecule has 1 saturated heterocycles. The highest BCUT2D eigenvalue weighted by Gasteiger charge is 2.55. The predicted octanol–water partition coefficient (Wildman–Crippen LogP) is 1.29. The molecular weight excluding hydrogens is 140 g/mol. The number of hydrogen-bond donors (Lipinski definition) is 0. The van der Waals surface area contributed by atoms with Gasteiger partial charge in [-0.3, -0.25) is 0 Å². The Hall–Kier alpha value is -0.320. The van der Waals surface area contributed by atoms with Crippen LogP contribution in [-0.2, 0) is 4.74 Å². The molecule has 54 valence electrons. The first-order valence-electron chi connectivity index (χ1n) is 2.32. The van der Waals surface area contributed by atoms with Crippen LogP contribution in [0, 0.1) is 0 Å². The van der Waals surface area contributed by atoms with Gasteiger partial charge in [-0.2, -0.15) is 8.78 Å². The van der Waals surface area contributed by atoms with Gasteiger partial charge in [0.05, 0.1) is 6.61 Å². The van der Waals surface area contributed by atoms with Crippen LogP contribution in [0.4, 0.5) is 17.6 Å². The summed E-state index contributed by atoms with van der Waals surface area (Å²) in [7, 11) is 0. The molecule has 1 heterocycles. The largest absolute Gasteiger partial charge is 0.366 e. The summed E-state index contributed by atoms with van der Waals surface area (Å²) in [5.41, 5.74) is 0. The first-order chi connectivity index (χ1) is 4.05. The van der Waals surface area contributed by atoms with Gasteiger partial charge in [0.15, 0.2) is 6.10 Å². The van der Waals surface area contributed by atoms with Crippen LogP contribution in [0.15, 0.2) is 0 Å². The van der Waals surface area contributed by atoms with E-state index in [-0.39, 0.29) is 6.61 Å². The molecule has 0 saturated carbocycles. The minimum Gasteiger partial charge on any atom is -0.366 e. The number of alkyl halides is 4. The van der Waals surface area contributed by atoms with E-state index >= 15 is 0 Å². The minimum atomic E-state index is -3.94. The molecule has 0 spiro atoms. The number of ether oxygens (including phenoxy) is 1. The zero-order chi connectivity index (χ0) is 7.07. The third-order valence-corrected chi connectivity index (χ3v) is 1.05. The fourth-order valence-electron chi connectivity index (χ4n) is 0.411. The molecule has 5 heteroatoms. The van der Waals surface area contributed by atoms with Crippen molar-refractivity contribution in [2.75, 3.05) is 6.61 Å². The molecule has 0 unspecified atom stereocenters. The topological polar surface area (TPSA) is 12.5 Å². The van der Waals surface area contributed by atoms with Gasteiger partial charge in [0.25, 0.3) is 0 Å². The molecule has 0 bridgehead atoms. The fraction of sp³-hybridized carbons (Fsp3) is 1.00. The van der Waals surface area contributed by atoms with Crippen molar-refractivity contribution in [3.8, 4) is 0 Å². The van der Waals surface area contributed by atoms with Crippen LogP contribution in [0.3, 0.4) is 0 Å². The van der Waals surface area contributed by atoms with Gasteiger partial charge < -0.3 is 4.74 Å². The van der Waals surface area contributed by atoms with Gasteiger partial charge in [-0.1, -0.05) is 0 Å². The van der Waals surface area contributed by atoms with Crippen LogP contribution in [0.25, 0.3) is 0 Å². The lowest BCUT2D eigenvalue weighted by Crippen LogP contribution is -2.32. The van der Waals surface area contributed by atoms with Crippen LogP contribution in [0.1, 0.15) is 0 Å². The van der Waals surface area contributed by atoms with Crippen LogP contribution >= 0.6 is 0 Å². The molecule has 0 amide bonds. The lowest BCUT2D eigenvalue weighted by atomic mass is 10.3. The van der Waals surface area contributed by atoms with Crippen molar-refractivity contribution in [1.82, 2.24) is 0 Å². The molecule has 0 aliphatic carbocycles. The van der Waals surface area contributed by atoms with E-state index in [1.165, 1.54) is 0 Å². The smallest absolute Gasteiger partial charge is 0.335 e. The summed E-state index contributed by atoms with van der Waals surface area (Å²) in [6.07, 6.45) is -5.15. The zero-order valence-corrected chi connectivity index (χ0v) is 4.28. The highest BCUT2D eigenvalue weighted by Crippen LogP contribution is 2.35. The van der Waals surface area contributed by atoms with Gasteiger partial charge in [-0.25, -0.2) is 8.78 Å². The third kappa shape index (κ3) is 1.15. The normalized spacial score (nSPS) is 27.0. The van der Waals surface area contributed by atoms with E-state index in [2.05, 4.69) is 4.74 Å². The van der Waals surface area contributed by atoms with Crippen molar-refractivity contribution in [3.05, 3.63) is 0 Å². The zero-order valence-electron chi connectivity index (χ0n) is 4.28. The van der Waals surface area contributed by atoms with Crippen LogP contribution in [0.5, 0.6) is 0 Å². The van der Waals surface area contributed by atoms with Crippen molar-refractivity contribution in [1.29, 1.82) is 0 Å². The van der Waals surface area contributed by atoms with Crippen molar-refractivity contribution >= 4 is 0 Å². The van der Waals surface area contributed by atoms with Gasteiger partial charge in [0.2, 0.25) is 0 Å². The van der Waals surface area contributed by atoms with Crippen molar-refractivity contribution in [3.63, 3.8) is 0 Å². The van der Waals surface area contributed by atoms with Crippen molar-refractivity contribution in [2.45, 2.75) is 18.5 Å². The first-order valence-corrected chi connectivity index (χ1v) is 2.32. The first kappa shape index (κ1) is 6.80. The Balaban J connectivity index is 2.48. The summed E-state index contributed by atoms with van der Waals surface area (Å²) in [6.45, 7) is -0.253. The fourth-order valence-corrected chi connectivity index (χ4v) is 0.411. The number of rotatable bonds is 2. The van der Waals surface area contributed by atoms with E-state index in [4.69, 9.17) is 0 Å². The van der Waals surface area contributed by atoms with E-state index in [1.54, 1.807) is 0 Å². The maximum atomic E-state index is 11.9. The molecular formula is C4H4F4O. The van der Waals surface area contributed by atoms with Crippen molar-refractivity contribution in [2.24, 2.45) is 0 Å². The van der Waals surface area contributed by atoms with Crippen LogP contribution in [0.2, 0.25) is 0 Å². The Morgan fingerprint density at radius 3 is 2.00 bits per heavy atom. The molecule has 0 N–H and O–H groups in total. The van der Waals surface area contributed by atoms with Crippen LogP contribution < -0.4 is 0 Å². The third-order valence-electron chi connectivity index (χ3n) is 1.05. The molecule has 0 aromatic carbocycles. The maximum Gasteiger partial charge on any atom is 0.335 e. The lowest BCUT2D eigenvalue weighted by molar-refractivity contribution is -0.142. The van der Waals surface area contributed by atoms with Gasteiger partial charge in [0.1, 0.15) is 0 Å². The van der Waals surface area contributed by atoms with E-state index in [0.717, 1.165) is 0 Å². The average molecular weight is 144 g/mol. The summed E-state index contributed by atoms with van der Waals surface area (Å²) >= 11 is 0. The second-order valence-electron chi connectivity index (χ2n) is 1.80. The highest BCUT2D eigenvalue weighted by atomic mass is 19.3. The molecule has 1 fully saturated rings. The van der Waals surface area contributed by atoms with E-state index in [1.807, 2.05) is 0 Å². The van der Waals surface area contributed by atoms with E-state index in [0.29, 0.717) is 0 Å². The Morgan fingerprint density at radius 1 is 1.44 bits per heavy atom. The molecule has 9 heavy (non-hydrogen) atoms. The molecule has 0 aromatic rings. The summed E-state index contributed by atoms with van der Waals surface area (Å²) in [5.74, 6) is -3.94. The molecule has 1 aliphatic rings. The SMILES string of the molecule is FC(F)C(F)(F)[C@@H]1CO1. The summed E-state index contributed by atoms with van der Waals surface area (Å²) in [6, 6.07) is 0. The predicted molar refractivity (Wildman–Crippen MR) is 20.7 cm³/mol. The average Bonchev–Trinajstić information content (AvgIpc) is 2.42. The molecule has 1 nitrogen and oxygen atoms in total. The summed E-state index contributed by atoms with van der Waals surface area (Å²) in [5, 5.41) is 0.